The van der Waals surface area contributed by atoms with Gasteiger partial charge in [0.1, 0.15) is 6.04 Å². The Labute approximate surface area is 103 Å². The molecule has 1 rings (SSSR count). The maximum Gasteiger partial charge on any atom is 0.323 e. The molecule has 4 nitrogen and oxygen atoms in total. The van der Waals surface area contributed by atoms with Crippen LogP contribution in [0.2, 0.25) is 5.02 Å². The molecule has 3 N–H and O–H groups in total. The lowest BCUT2D eigenvalue weighted by Gasteiger charge is -2.11. The molecule has 1 unspecified atom stereocenters. The topological polar surface area (TPSA) is 72.5 Å². The zero-order chi connectivity index (χ0) is 13.0. The molecule has 0 saturated heterocycles. The molecular weight excluding hydrogens is 249 g/mol. The molecule has 0 radical (unpaired) electrons. The molecule has 94 valence electrons. The summed E-state index contributed by atoms with van der Waals surface area (Å²) in [4.78, 5) is 11.3. The molecule has 0 aliphatic rings. The highest BCUT2D eigenvalue weighted by molar-refractivity contribution is 6.32. The van der Waals surface area contributed by atoms with Crippen molar-refractivity contribution in [3.05, 3.63) is 28.5 Å². The summed E-state index contributed by atoms with van der Waals surface area (Å²) in [6, 6.07) is 1.56. The molecule has 1 aromatic rings. The third-order valence-corrected chi connectivity index (χ3v) is 2.41. The Kier molecular flexibility index (Phi) is 4.72. The van der Waals surface area contributed by atoms with E-state index < -0.39 is 23.6 Å². The third-order valence-electron chi connectivity index (χ3n) is 2.12. The summed E-state index contributed by atoms with van der Waals surface area (Å²) in [6.45, 7) is 1.90. The normalized spacial score (nSPS) is 12.2. The number of rotatable bonds is 4. The van der Waals surface area contributed by atoms with Crippen LogP contribution in [0.4, 0.5) is 4.39 Å². The molecule has 0 aliphatic carbocycles. The minimum absolute atomic E-state index is 0.0930. The van der Waals surface area contributed by atoms with Gasteiger partial charge in [-0.3, -0.25) is 4.79 Å². The molecule has 0 bridgehead atoms. The second-order valence-electron chi connectivity index (χ2n) is 3.47. The van der Waals surface area contributed by atoms with Crippen molar-refractivity contribution in [1.29, 1.82) is 0 Å². The Morgan fingerprint density at radius 1 is 1.65 bits per heavy atom. The highest BCUT2D eigenvalue weighted by atomic mass is 35.5. The molecule has 17 heavy (non-hydrogen) atoms. The summed E-state index contributed by atoms with van der Waals surface area (Å²) in [7, 11) is 0. The van der Waals surface area contributed by atoms with E-state index in [1.165, 1.54) is 6.07 Å². The SMILES string of the molecule is CCOC(=O)C(N)Cc1cc(F)c(O)c(Cl)c1. The quantitative estimate of drug-likeness (QED) is 0.808. The fourth-order valence-electron chi connectivity index (χ4n) is 1.32. The molecule has 0 heterocycles. The number of aromatic hydroxyl groups is 1. The predicted molar refractivity (Wildman–Crippen MR) is 61.4 cm³/mol. The van der Waals surface area contributed by atoms with Gasteiger partial charge in [-0.05, 0) is 31.0 Å². The van der Waals surface area contributed by atoms with Gasteiger partial charge in [0.2, 0.25) is 0 Å². The van der Waals surface area contributed by atoms with Gasteiger partial charge >= 0.3 is 5.97 Å². The Morgan fingerprint density at radius 3 is 2.82 bits per heavy atom. The number of benzene rings is 1. The van der Waals surface area contributed by atoms with Crippen LogP contribution in [0, 0.1) is 5.82 Å². The van der Waals surface area contributed by atoms with Crippen molar-refractivity contribution in [1.82, 2.24) is 0 Å². The van der Waals surface area contributed by atoms with Gasteiger partial charge in [0.15, 0.2) is 11.6 Å². The monoisotopic (exact) mass is 261 g/mol. The van der Waals surface area contributed by atoms with Crippen molar-refractivity contribution in [2.75, 3.05) is 6.61 Å². The summed E-state index contributed by atoms with van der Waals surface area (Å²) < 4.78 is 17.9. The molecule has 0 aromatic heterocycles. The number of carbonyl (C=O) groups is 1. The standard InChI is InChI=1S/C11H13ClFNO3/c1-2-17-11(16)9(14)5-6-3-7(12)10(15)8(13)4-6/h3-4,9,15H,2,5,14H2,1H3. The summed E-state index contributed by atoms with van der Waals surface area (Å²) in [5.74, 6) is -2.01. The summed E-state index contributed by atoms with van der Waals surface area (Å²) in [6.07, 6.45) is 0.0930. The maximum absolute atomic E-state index is 13.1. The number of esters is 1. The summed E-state index contributed by atoms with van der Waals surface area (Å²) in [5.41, 5.74) is 5.99. The van der Waals surface area contributed by atoms with Crippen LogP contribution in [0.3, 0.4) is 0 Å². The van der Waals surface area contributed by atoms with Crippen molar-refractivity contribution >= 4 is 17.6 Å². The van der Waals surface area contributed by atoms with Gasteiger partial charge in [-0.15, -0.1) is 0 Å². The number of carbonyl (C=O) groups excluding carboxylic acids is 1. The highest BCUT2D eigenvalue weighted by Gasteiger charge is 2.17. The molecule has 0 amide bonds. The highest BCUT2D eigenvalue weighted by Crippen LogP contribution is 2.28. The van der Waals surface area contributed by atoms with Crippen molar-refractivity contribution in [3.8, 4) is 5.75 Å². The first-order chi connectivity index (χ1) is 7.95. The lowest BCUT2D eigenvalue weighted by molar-refractivity contribution is -0.144. The van der Waals surface area contributed by atoms with Gasteiger partial charge in [-0.2, -0.15) is 0 Å². The lowest BCUT2D eigenvalue weighted by Crippen LogP contribution is -2.34. The van der Waals surface area contributed by atoms with Gasteiger partial charge in [0, 0.05) is 0 Å². The first-order valence-corrected chi connectivity index (χ1v) is 5.42. The van der Waals surface area contributed by atoms with E-state index in [9.17, 15) is 9.18 Å². The second kappa shape index (κ2) is 5.84. The number of halogens is 2. The van der Waals surface area contributed by atoms with Crippen LogP contribution < -0.4 is 5.73 Å². The van der Waals surface area contributed by atoms with Gasteiger partial charge in [0.25, 0.3) is 0 Å². The first kappa shape index (κ1) is 13.7. The molecule has 0 aliphatic heterocycles. The van der Waals surface area contributed by atoms with E-state index in [-0.39, 0.29) is 18.1 Å². The van der Waals surface area contributed by atoms with Crippen LogP contribution in [-0.2, 0) is 16.0 Å². The van der Waals surface area contributed by atoms with E-state index in [1.807, 2.05) is 0 Å². The zero-order valence-corrected chi connectivity index (χ0v) is 10.00. The predicted octanol–water partition coefficient (Wildman–Crippen LogP) is 1.62. The van der Waals surface area contributed by atoms with Crippen LogP contribution in [0.5, 0.6) is 5.75 Å². The van der Waals surface area contributed by atoms with Crippen molar-refractivity contribution < 1.29 is 19.0 Å². The van der Waals surface area contributed by atoms with E-state index >= 15 is 0 Å². The van der Waals surface area contributed by atoms with Crippen LogP contribution in [-0.4, -0.2) is 23.7 Å². The average molecular weight is 262 g/mol. The lowest BCUT2D eigenvalue weighted by atomic mass is 10.1. The van der Waals surface area contributed by atoms with E-state index in [4.69, 9.17) is 27.2 Å². The van der Waals surface area contributed by atoms with E-state index in [0.29, 0.717) is 5.56 Å². The Hall–Kier alpha value is -1.33. The Balaban J connectivity index is 2.78. The first-order valence-electron chi connectivity index (χ1n) is 5.04. The van der Waals surface area contributed by atoms with E-state index in [0.717, 1.165) is 6.07 Å². The molecule has 0 spiro atoms. The smallest absolute Gasteiger partial charge is 0.323 e. The number of nitrogens with two attached hydrogens (primary N) is 1. The number of ether oxygens (including phenoxy) is 1. The van der Waals surface area contributed by atoms with Crippen molar-refractivity contribution in [3.63, 3.8) is 0 Å². The van der Waals surface area contributed by atoms with E-state index in [1.54, 1.807) is 6.92 Å². The molecule has 1 atom stereocenters. The number of hydrogen-bond donors (Lipinski definition) is 2. The molecule has 0 saturated carbocycles. The average Bonchev–Trinajstić information content (AvgIpc) is 2.26. The van der Waals surface area contributed by atoms with Crippen LogP contribution in [0.1, 0.15) is 12.5 Å². The third kappa shape index (κ3) is 3.57. The van der Waals surface area contributed by atoms with Crippen molar-refractivity contribution in [2.24, 2.45) is 5.73 Å². The number of phenolic OH excluding ortho intramolecular Hbond substituents is 1. The van der Waals surface area contributed by atoms with Gasteiger partial charge in [-0.1, -0.05) is 11.6 Å². The summed E-state index contributed by atoms with van der Waals surface area (Å²) >= 11 is 5.60. The molecular formula is C11H13ClFNO3. The minimum Gasteiger partial charge on any atom is -0.504 e. The van der Waals surface area contributed by atoms with Crippen LogP contribution >= 0.6 is 11.6 Å². The van der Waals surface area contributed by atoms with Crippen LogP contribution in [0.25, 0.3) is 0 Å². The maximum atomic E-state index is 13.1. The second-order valence-corrected chi connectivity index (χ2v) is 3.88. The Morgan fingerprint density at radius 2 is 2.29 bits per heavy atom. The molecule has 1 aromatic carbocycles. The molecule has 0 fully saturated rings. The van der Waals surface area contributed by atoms with Gasteiger partial charge < -0.3 is 15.6 Å². The van der Waals surface area contributed by atoms with E-state index in [2.05, 4.69) is 0 Å². The summed E-state index contributed by atoms with van der Waals surface area (Å²) in [5, 5.41) is 9.01. The largest absolute Gasteiger partial charge is 0.504 e. The fourth-order valence-corrected chi connectivity index (χ4v) is 1.55. The van der Waals surface area contributed by atoms with Crippen molar-refractivity contribution in [2.45, 2.75) is 19.4 Å². The van der Waals surface area contributed by atoms with Gasteiger partial charge in [0.05, 0.1) is 11.6 Å². The minimum atomic E-state index is -0.880. The zero-order valence-electron chi connectivity index (χ0n) is 9.24. The molecule has 6 heteroatoms. The van der Waals surface area contributed by atoms with Crippen LogP contribution in [0.15, 0.2) is 12.1 Å². The number of hydrogen-bond acceptors (Lipinski definition) is 4. The number of phenols is 1. The Bertz CT molecular complexity index is 402. The fraction of sp³-hybridized carbons (Fsp3) is 0.364. The van der Waals surface area contributed by atoms with Gasteiger partial charge in [-0.25, -0.2) is 4.39 Å².